The first-order valence-corrected chi connectivity index (χ1v) is 8.32. The van der Waals surface area contributed by atoms with Crippen molar-refractivity contribution >= 4 is 11.9 Å². The molecule has 136 valence electrons. The fourth-order valence-corrected chi connectivity index (χ4v) is 2.88. The molecule has 0 bridgehead atoms. The van der Waals surface area contributed by atoms with E-state index in [2.05, 4.69) is 0 Å². The lowest BCUT2D eigenvalue weighted by atomic mass is 10.1. The molecule has 0 aromatic heterocycles. The number of hydrogen-bond donors (Lipinski definition) is 1. The van der Waals surface area contributed by atoms with Crippen LogP contribution in [-0.4, -0.2) is 54.3 Å². The van der Waals surface area contributed by atoms with Gasteiger partial charge in [-0.3, -0.25) is 9.59 Å². The van der Waals surface area contributed by atoms with Crippen molar-refractivity contribution in [1.29, 1.82) is 0 Å². The predicted octanol–water partition coefficient (Wildman–Crippen LogP) is 2.74. The molecule has 6 nitrogen and oxygen atoms in total. The molecule has 2 rings (SSSR count). The van der Waals surface area contributed by atoms with Crippen LogP contribution >= 0.6 is 0 Å². The number of carbonyl (C=O) groups is 2. The summed E-state index contributed by atoms with van der Waals surface area (Å²) in [4.78, 5) is 25.5. The van der Waals surface area contributed by atoms with Crippen molar-refractivity contribution in [3.63, 3.8) is 0 Å². The number of carboxylic acids is 1. The first kappa shape index (κ1) is 19.0. The zero-order chi connectivity index (χ0) is 18.4. The number of ether oxygens (including phenoxy) is 2. The van der Waals surface area contributed by atoms with E-state index in [4.69, 9.17) is 14.6 Å². The van der Waals surface area contributed by atoms with E-state index < -0.39 is 5.97 Å². The molecule has 1 fully saturated rings. The number of carbonyl (C=O) groups excluding carboxylic acids is 1. The third-order valence-electron chi connectivity index (χ3n) is 4.20. The monoisotopic (exact) mass is 347 g/mol. The largest absolute Gasteiger partial charge is 0.490 e. The van der Waals surface area contributed by atoms with Gasteiger partial charge >= 0.3 is 5.97 Å². The third-order valence-corrected chi connectivity index (χ3v) is 4.20. The molecule has 0 aliphatic carbocycles. The van der Waals surface area contributed by atoms with E-state index in [-0.39, 0.29) is 24.5 Å². The standard InChI is InChI=1S/C19H25NO5/c1-13(2)7-8-25-16-6-4-5-14(9-16)19(23)20-12-17(24-3)10-15(20)11-18(21)22/h4-7,9,15,17H,8,10-12H2,1-3H3,(H,21,22). The molecule has 0 spiro atoms. The predicted molar refractivity (Wildman–Crippen MR) is 93.9 cm³/mol. The van der Waals surface area contributed by atoms with E-state index >= 15 is 0 Å². The first-order chi connectivity index (χ1) is 11.9. The number of methoxy groups -OCH3 is 1. The number of likely N-dealkylation sites (tertiary alicyclic amines) is 1. The highest BCUT2D eigenvalue weighted by molar-refractivity contribution is 5.95. The summed E-state index contributed by atoms with van der Waals surface area (Å²) in [6.07, 6.45) is 2.28. The van der Waals surface area contributed by atoms with Gasteiger partial charge in [0.2, 0.25) is 0 Å². The average Bonchev–Trinajstić information content (AvgIpc) is 2.96. The van der Waals surface area contributed by atoms with Gasteiger partial charge in [0.1, 0.15) is 12.4 Å². The molecule has 1 aliphatic heterocycles. The minimum Gasteiger partial charge on any atom is -0.490 e. The molecule has 1 aromatic carbocycles. The molecule has 1 saturated heterocycles. The Labute approximate surface area is 148 Å². The van der Waals surface area contributed by atoms with E-state index in [9.17, 15) is 9.59 Å². The van der Waals surface area contributed by atoms with Gasteiger partial charge in [-0.15, -0.1) is 0 Å². The Morgan fingerprint density at radius 1 is 1.36 bits per heavy atom. The van der Waals surface area contributed by atoms with Crippen LogP contribution in [0.3, 0.4) is 0 Å². The smallest absolute Gasteiger partial charge is 0.305 e. The minimum absolute atomic E-state index is 0.0810. The lowest BCUT2D eigenvalue weighted by Gasteiger charge is -2.23. The molecule has 2 unspecified atom stereocenters. The Morgan fingerprint density at radius 3 is 2.76 bits per heavy atom. The van der Waals surface area contributed by atoms with Gasteiger partial charge in [-0.05, 0) is 44.5 Å². The van der Waals surface area contributed by atoms with Gasteiger partial charge in [0.15, 0.2) is 0 Å². The van der Waals surface area contributed by atoms with Crippen LogP contribution in [0.4, 0.5) is 0 Å². The van der Waals surface area contributed by atoms with Gasteiger partial charge in [0, 0.05) is 25.3 Å². The number of carboxylic acid groups (broad SMARTS) is 1. The fourth-order valence-electron chi connectivity index (χ4n) is 2.88. The molecule has 1 heterocycles. The summed E-state index contributed by atoms with van der Waals surface area (Å²) in [5.41, 5.74) is 1.65. The van der Waals surface area contributed by atoms with Crippen molar-refractivity contribution in [1.82, 2.24) is 4.90 Å². The molecule has 0 saturated carbocycles. The highest BCUT2D eigenvalue weighted by atomic mass is 16.5. The molecule has 1 aromatic rings. The zero-order valence-corrected chi connectivity index (χ0v) is 14.9. The van der Waals surface area contributed by atoms with Crippen LogP contribution in [0.15, 0.2) is 35.9 Å². The lowest BCUT2D eigenvalue weighted by molar-refractivity contribution is -0.137. The zero-order valence-electron chi connectivity index (χ0n) is 14.9. The topological polar surface area (TPSA) is 76.1 Å². The third kappa shape index (κ3) is 5.32. The summed E-state index contributed by atoms with van der Waals surface area (Å²) in [6, 6.07) is 6.62. The van der Waals surface area contributed by atoms with Gasteiger partial charge in [0.05, 0.1) is 12.5 Å². The van der Waals surface area contributed by atoms with Crippen molar-refractivity contribution in [2.24, 2.45) is 0 Å². The maximum absolute atomic E-state index is 12.8. The second-order valence-corrected chi connectivity index (χ2v) is 6.42. The van der Waals surface area contributed by atoms with Crippen molar-refractivity contribution in [3.05, 3.63) is 41.5 Å². The number of nitrogens with zero attached hydrogens (tertiary/aromatic N) is 1. The Kier molecular flexibility index (Phi) is 6.58. The Hall–Kier alpha value is -2.34. The van der Waals surface area contributed by atoms with Crippen molar-refractivity contribution < 1.29 is 24.2 Å². The number of aliphatic carboxylic acids is 1. The number of allylic oxidation sites excluding steroid dienone is 1. The maximum atomic E-state index is 12.8. The fraction of sp³-hybridized carbons (Fsp3) is 0.474. The van der Waals surface area contributed by atoms with Crippen molar-refractivity contribution in [2.75, 3.05) is 20.3 Å². The lowest BCUT2D eigenvalue weighted by Crippen LogP contribution is -2.37. The molecule has 6 heteroatoms. The molecular weight excluding hydrogens is 322 g/mol. The van der Waals surface area contributed by atoms with Crippen LogP contribution in [0.2, 0.25) is 0 Å². The van der Waals surface area contributed by atoms with E-state index in [1.807, 2.05) is 19.9 Å². The highest BCUT2D eigenvalue weighted by Gasteiger charge is 2.36. The van der Waals surface area contributed by atoms with Gasteiger partial charge in [-0.1, -0.05) is 11.6 Å². The summed E-state index contributed by atoms with van der Waals surface area (Å²) in [7, 11) is 1.58. The maximum Gasteiger partial charge on any atom is 0.305 e. The van der Waals surface area contributed by atoms with E-state index in [0.29, 0.717) is 30.9 Å². The van der Waals surface area contributed by atoms with Crippen LogP contribution in [0, 0.1) is 0 Å². The van der Waals surface area contributed by atoms with Gasteiger partial charge in [-0.25, -0.2) is 0 Å². The van der Waals surface area contributed by atoms with Crippen LogP contribution in [0.1, 0.15) is 37.0 Å². The molecule has 25 heavy (non-hydrogen) atoms. The minimum atomic E-state index is -0.918. The number of amides is 1. The van der Waals surface area contributed by atoms with E-state index in [1.165, 1.54) is 0 Å². The Balaban J connectivity index is 2.12. The van der Waals surface area contributed by atoms with Gasteiger partial charge in [-0.2, -0.15) is 0 Å². The molecule has 2 atom stereocenters. The number of rotatable bonds is 7. The normalized spacial score (nSPS) is 19.6. The van der Waals surface area contributed by atoms with Crippen molar-refractivity contribution in [3.8, 4) is 5.75 Å². The molecule has 1 N–H and O–H groups in total. The quantitative estimate of drug-likeness (QED) is 0.768. The summed E-state index contributed by atoms with van der Waals surface area (Å²) >= 11 is 0. The van der Waals surface area contributed by atoms with Crippen LogP contribution in [0.25, 0.3) is 0 Å². The van der Waals surface area contributed by atoms with Gasteiger partial charge in [0.25, 0.3) is 5.91 Å². The molecule has 1 amide bonds. The van der Waals surface area contributed by atoms with Crippen molar-refractivity contribution in [2.45, 2.75) is 38.8 Å². The van der Waals surface area contributed by atoms with Crippen LogP contribution < -0.4 is 4.74 Å². The van der Waals surface area contributed by atoms with Gasteiger partial charge < -0.3 is 19.5 Å². The SMILES string of the molecule is COC1CC(CC(=O)O)N(C(=O)c2cccc(OCC=C(C)C)c2)C1. The average molecular weight is 347 g/mol. The molecular formula is C19H25NO5. The second kappa shape index (κ2) is 8.67. The number of benzene rings is 1. The molecule has 0 radical (unpaired) electrons. The summed E-state index contributed by atoms with van der Waals surface area (Å²) in [5.74, 6) is -0.502. The van der Waals surface area contributed by atoms with E-state index in [1.54, 1.807) is 36.3 Å². The highest BCUT2D eigenvalue weighted by Crippen LogP contribution is 2.26. The summed E-state index contributed by atoms with van der Waals surface area (Å²) in [5, 5.41) is 9.08. The van der Waals surface area contributed by atoms with Crippen LogP contribution in [-0.2, 0) is 9.53 Å². The first-order valence-electron chi connectivity index (χ1n) is 8.32. The van der Waals surface area contributed by atoms with E-state index in [0.717, 1.165) is 5.57 Å². The Morgan fingerprint density at radius 2 is 2.12 bits per heavy atom. The van der Waals surface area contributed by atoms with Crippen LogP contribution in [0.5, 0.6) is 5.75 Å². The summed E-state index contributed by atoms with van der Waals surface area (Å²) < 4.78 is 11.0. The summed E-state index contributed by atoms with van der Waals surface area (Å²) in [6.45, 7) is 4.82. The molecule has 1 aliphatic rings. The Bertz CT molecular complexity index is 651. The second-order valence-electron chi connectivity index (χ2n) is 6.42. The number of hydrogen-bond acceptors (Lipinski definition) is 4.